The fraction of sp³-hybridized carbons (Fsp3) is 0.0435. The maximum Gasteiger partial charge on any atom is 0.275 e. The molecule has 0 saturated heterocycles. The highest BCUT2D eigenvalue weighted by atomic mass is 79.9. The number of phenols is 1. The molecule has 0 aliphatic heterocycles. The van der Waals surface area contributed by atoms with Gasteiger partial charge in [-0.15, -0.1) is 0 Å². The maximum atomic E-state index is 12.3. The molecule has 3 aromatic carbocycles. The Morgan fingerprint density at radius 1 is 1.03 bits per heavy atom. The Bertz CT molecular complexity index is 1080. The molecule has 30 heavy (non-hydrogen) atoms. The number of carbonyl (C=O) groups is 1. The van der Waals surface area contributed by atoms with Crippen LogP contribution in [0.2, 0.25) is 0 Å². The predicted molar refractivity (Wildman–Crippen MR) is 126 cm³/mol. The van der Waals surface area contributed by atoms with Crippen LogP contribution in [0.1, 0.15) is 21.5 Å². The number of carbonyl (C=O) groups excluding carboxylic acids is 1. The molecule has 0 aliphatic rings. The Morgan fingerprint density at radius 3 is 2.57 bits per heavy atom. The Morgan fingerprint density at radius 2 is 1.77 bits per heavy atom. The van der Waals surface area contributed by atoms with Gasteiger partial charge in [-0.25, -0.2) is 5.43 Å². The van der Waals surface area contributed by atoms with Gasteiger partial charge in [0.2, 0.25) is 0 Å². The van der Waals surface area contributed by atoms with Crippen LogP contribution in [0.5, 0.6) is 11.5 Å². The lowest BCUT2D eigenvalue weighted by Gasteiger charge is -2.08. The molecule has 0 aliphatic carbocycles. The normalized spacial score (nSPS) is 11.1. The van der Waals surface area contributed by atoms with Crippen molar-refractivity contribution in [3.05, 3.63) is 98.4 Å². The molecule has 1 amide bonds. The summed E-state index contributed by atoms with van der Waals surface area (Å²) in [4.78, 5) is 12.3. The molecule has 0 atom stereocenters. The third-order valence-corrected chi connectivity index (χ3v) is 4.98. The molecule has 0 bridgehead atoms. The van der Waals surface area contributed by atoms with Gasteiger partial charge >= 0.3 is 0 Å². The number of nitrogens with zero attached hydrogens (tertiary/aromatic N) is 1. The van der Waals surface area contributed by atoms with Crippen LogP contribution in [0.25, 0.3) is 6.08 Å². The van der Waals surface area contributed by atoms with Gasteiger partial charge in [-0.1, -0.05) is 68.3 Å². The topological polar surface area (TPSA) is 70.9 Å². The molecular formula is C23H18Br2N2O3. The van der Waals surface area contributed by atoms with Gasteiger partial charge in [0.15, 0.2) is 0 Å². The van der Waals surface area contributed by atoms with E-state index in [1.165, 1.54) is 18.3 Å². The van der Waals surface area contributed by atoms with E-state index in [2.05, 4.69) is 42.4 Å². The van der Waals surface area contributed by atoms with Gasteiger partial charge in [-0.05, 0) is 48.0 Å². The van der Waals surface area contributed by atoms with Crippen molar-refractivity contribution in [3.63, 3.8) is 0 Å². The number of aromatic hydroxyl groups is 1. The fourth-order valence-corrected chi connectivity index (χ4v) is 3.29. The standard InChI is InChI=1S/C23H18Br2N2O3/c24-18-9-11-22(30-12-4-7-16-5-2-1-3-6-16)17(13-18)15-26-27-23(29)20-14-19(25)8-10-21(20)28/h1-11,13-15,28H,12H2,(H,27,29)/b7-4+,26-15-. The van der Waals surface area contributed by atoms with E-state index in [9.17, 15) is 9.90 Å². The van der Waals surface area contributed by atoms with Crippen molar-refractivity contribution in [3.8, 4) is 11.5 Å². The number of ether oxygens (including phenoxy) is 1. The van der Waals surface area contributed by atoms with Crippen LogP contribution in [0, 0.1) is 0 Å². The molecule has 152 valence electrons. The van der Waals surface area contributed by atoms with E-state index in [4.69, 9.17) is 4.74 Å². The van der Waals surface area contributed by atoms with E-state index in [1.54, 1.807) is 6.07 Å². The van der Waals surface area contributed by atoms with E-state index in [1.807, 2.05) is 60.7 Å². The molecule has 5 nitrogen and oxygen atoms in total. The molecule has 0 heterocycles. The van der Waals surface area contributed by atoms with Crippen LogP contribution in [-0.4, -0.2) is 23.8 Å². The molecule has 2 N–H and O–H groups in total. The highest BCUT2D eigenvalue weighted by Gasteiger charge is 2.11. The highest BCUT2D eigenvalue weighted by molar-refractivity contribution is 9.10. The van der Waals surface area contributed by atoms with E-state index in [-0.39, 0.29) is 11.3 Å². The van der Waals surface area contributed by atoms with Crippen molar-refractivity contribution in [2.24, 2.45) is 5.10 Å². The zero-order valence-corrected chi connectivity index (χ0v) is 18.9. The smallest absolute Gasteiger partial charge is 0.275 e. The van der Waals surface area contributed by atoms with Crippen molar-refractivity contribution >= 4 is 50.1 Å². The number of benzene rings is 3. The average Bonchev–Trinajstić information content (AvgIpc) is 2.75. The number of hydrazone groups is 1. The third-order valence-electron chi connectivity index (χ3n) is 3.99. The SMILES string of the molecule is O=C(N/N=C\c1cc(Br)ccc1OC/C=C/c1ccccc1)c1cc(Br)ccc1O. The quantitative estimate of drug-likeness (QED) is 0.301. The predicted octanol–water partition coefficient (Wildman–Crippen LogP) is 5.77. The molecule has 7 heteroatoms. The van der Waals surface area contributed by atoms with E-state index >= 15 is 0 Å². The summed E-state index contributed by atoms with van der Waals surface area (Å²) >= 11 is 6.70. The Hall–Kier alpha value is -2.90. The van der Waals surface area contributed by atoms with Gasteiger partial charge in [0.05, 0.1) is 11.8 Å². The van der Waals surface area contributed by atoms with E-state index < -0.39 is 5.91 Å². The second-order valence-electron chi connectivity index (χ2n) is 6.17. The average molecular weight is 530 g/mol. The van der Waals surface area contributed by atoms with Gasteiger partial charge in [-0.2, -0.15) is 5.10 Å². The summed E-state index contributed by atoms with van der Waals surface area (Å²) in [6, 6.07) is 20.1. The number of hydrogen-bond donors (Lipinski definition) is 2. The molecule has 0 fully saturated rings. The monoisotopic (exact) mass is 528 g/mol. The van der Waals surface area contributed by atoms with Gasteiger partial charge in [0.1, 0.15) is 18.1 Å². The molecule has 0 unspecified atom stereocenters. The van der Waals surface area contributed by atoms with Crippen LogP contribution in [0.4, 0.5) is 0 Å². The molecule has 0 radical (unpaired) electrons. The van der Waals surface area contributed by atoms with Crippen LogP contribution >= 0.6 is 31.9 Å². The van der Waals surface area contributed by atoms with Gasteiger partial charge in [-0.3, -0.25) is 4.79 Å². The zero-order chi connectivity index (χ0) is 21.3. The lowest BCUT2D eigenvalue weighted by atomic mass is 10.2. The molecule has 0 aromatic heterocycles. The minimum Gasteiger partial charge on any atom is -0.507 e. The van der Waals surface area contributed by atoms with Crippen LogP contribution in [0.15, 0.2) is 86.9 Å². The lowest BCUT2D eigenvalue weighted by molar-refractivity contribution is 0.0952. The van der Waals surface area contributed by atoms with E-state index in [0.717, 1.165) is 10.0 Å². The fourth-order valence-electron chi connectivity index (χ4n) is 2.55. The summed E-state index contributed by atoms with van der Waals surface area (Å²) in [5.41, 5.74) is 4.32. The van der Waals surface area contributed by atoms with Crippen LogP contribution in [-0.2, 0) is 0 Å². The summed E-state index contributed by atoms with van der Waals surface area (Å²) in [6.45, 7) is 0.385. The zero-order valence-electron chi connectivity index (χ0n) is 15.8. The number of phenolic OH excluding ortho intramolecular Hbond substituents is 1. The summed E-state index contributed by atoms with van der Waals surface area (Å²) in [5, 5.41) is 13.8. The first kappa shape index (κ1) is 21.8. The molecule has 0 spiro atoms. The Kier molecular flexibility index (Phi) is 7.82. The second kappa shape index (κ2) is 10.8. The Balaban J connectivity index is 1.65. The van der Waals surface area contributed by atoms with Gasteiger partial charge in [0, 0.05) is 14.5 Å². The highest BCUT2D eigenvalue weighted by Crippen LogP contribution is 2.23. The minimum absolute atomic E-state index is 0.123. The maximum absolute atomic E-state index is 12.3. The van der Waals surface area contributed by atoms with Crippen molar-refractivity contribution in [2.75, 3.05) is 6.61 Å². The van der Waals surface area contributed by atoms with Crippen LogP contribution in [0.3, 0.4) is 0 Å². The second-order valence-corrected chi connectivity index (χ2v) is 8.00. The number of nitrogens with one attached hydrogen (secondary N) is 1. The first-order chi connectivity index (χ1) is 14.5. The molecule has 0 saturated carbocycles. The third kappa shape index (κ3) is 6.30. The first-order valence-corrected chi connectivity index (χ1v) is 10.6. The van der Waals surface area contributed by atoms with Crippen LogP contribution < -0.4 is 10.2 Å². The number of rotatable bonds is 7. The number of halogens is 2. The number of amides is 1. The summed E-state index contributed by atoms with van der Waals surface area (Å²) in [7, 11) is 0. The van der Waals surface area contributed by atoms with Crippen molar-refractivity contribution < 1.29 is 14.6 Å². The first-order valence-electron chi connectivity index (χ1n) is 8.99. The lowest BCUT2D eigenvalue weighted by Crippen LogP contribution is -2.17. The van der Waals surface area contributed by atoms with Crippen molar-refractivity contribution in [2.45, 2.75) is 0 Å². The van der Waals surface area contributed by atoms with E-state index in [0.29, 0.717) is 22.4 Å². The van der Waals surface area contributed by atoms with Crippen molar-refractivity contribution in [1.29, 1.82) is 0 Å². The molecule has 3 aromatic rings. The van der Waals surface area contributed by atoms with Crippen molar-refractivity contribution in [1.82, 2.24) is 5.43 Å². The summed E-state index contributed by atoms with van der Waals surface area (Å²) < 4.78 is 7.37. The largest absolute Gasteiger partial charge is 0.507 e. The Labute approximate surface area is 191 Å². The van der Waals surface area contributed by atoms with Gasteiger partial charge < -0.3 is 9.84 Å². The molecular weight excluding hydrogens is 512 g/mol. The number of hydrogen-bond acceptors (Lipinski definition) is 4. The summed E-state index contributed by atoms with van der Waals surface area (Å²) in [5.74, 6) is -0.0184. The molecule has 3 rings (SSSR count). The summed E-state index contributed by atoms with van der Waals surface area (Å²) in [6.07, 6.45) is 5.40. The minimum atomic E-state index is -0.520. The van der Waals surface area contributed by atoms with Gasteiger partial charge in [0.25, 0.3) is 5.91 Å².